The smallest absolute Gasteiger partial charge is 0.490 e. The zero-order valence-corrected chi connectivity index (χ0v) is 22.3. The van der Waals surface area contributed by atoms with Gasteiger partial charge < -0.3 is 34.4 Å². The number of carbonyl (C=O) groups is 3. The van der Waals surface area contributed by atoms with Gasteiger partial charge in [0.05, 0.1) is 21.3 Å². The second kappa shape index (κ2) is 14.4. The van der Waals surface area contributed by atoms with Crippen molar-refractivity contribution in [3.63, 3.8) is 0 Å². The van der Waals surface area contributed by atoms with Gasteiger partial charge in [0.15, 0.2) is 11.5 Å². The maximum absolute atomic E-state index is 13.6. The van der Waals surface area contributed by atoms with E-state index in [1.165, 1.54) is 26.2 Å². The van der Waals surface area contributed by atoms with Crippen LogP contribution in [-0.2, 0) is 16.1 Å². The van der Waals surface area contributed by atoms with Crippen LogP contribution in [0, 0.1) is 0 Å². The Morgan fingerprint density at radius 2 is 1.56 bits per heavy atom. The highest BCUT2D eigenvalue weighted by Crippen LogP contribution is 2.38. The van der Waals surface area contributed by atoms with E-state index in [0.29, 0.717) is 40.9 Å². The molecule has 0 bridgehead atoms. The second-order valence-electron chi connectivity index (χ2n) is 8.10. The molecule has 0 aliphatic carbocycles. The molecule has 14 heteroatoms. The van der Waals surface area contributed by atoms with Gasteiger partial charge in [0.2, 0.25) is 11.7 Å². The third kappa shape index (κ3) is 8.93. The Balaban J connectivity index is 0.000000673. The summed E-state index contributed by atoms with van der Waals surface area (Å²) in [5.41, 5.74) is 1.07. The molecular weight excluding hydrogens is 547 g/mol. The maximum atomic E-state index is 13.6. The Hall–Kier alpha value is -3.71. The molecule has 2 aromatic carbocycles. The van der Waals surface area contributed by atoms with Crippen LogP contribution in [0.3, 0.4) is 0 Å². The van der Waals surface area contributed by atoms with Crippen LogP contribution in [0.25, 0.3) is 0 Å². The summed E-state index contributed by atoms with van der Waals surface area (Å²) in [6.07, 6.45) is -5.08. The fourth-order valence-corrected chi connectivity index (χ4v) is 3.79. The number of aliphatic carboxylic acids is 1. The van der Waals surface area contributed by atoms with Crippen LogP contribution in [0.5, 0.6) is 17.2 Å². The van der Waals surface area contributed by atoms with E-state index in [1.54, 1.807) is 23.1 Å². The van der Waals surface area contributed by atoms with Crippen molar-refractivity contribution < 1.29 is 46.9 Å². The van der Waals surface area contributed by atoms with Crippen LogP contribution < -0.4 is 19.5 Å². The third-order valence-corrected chi connectivity index (χ3v) is 5.92. The Morgan fingerprint density at radius 3 is 2.03 bits per heavy atom. The Kier molecular flexibility index (Phi) is 11.7. The first-order valence-electron chi connectivity index (χ1n) is 11.5. The van der Waals surface area contributed by atoms with Gasteiger partial charge in [0.25, 0.3) is 5.91 Å². The second-order valence-corrected chi connectivity index (χ2v) is 8.51. The molecular formula is C25H29ClF3N3O7. The molecule has 0 spiro atoms. The van der Waals surface area contributed by atoms with Crippen LogP contribution in [0.15, 0.2) is 36.4 Å². The minimum Gasteiger partial charge on any atom is -0.493 e. The van der Waals surface area contributed by atoms with Crippen LogP contribution in [-0.4, -0.2) is 92.9 Å². The molecule has 2 N–H and O–H groups in total. The first-order valence-corrected chi connectivity index (χ1v) is 11.9. The van der Waals surface area contributed by atoms with Gasteiger partial charge in [-0.25, -0.2) is 4.79 Å². The molecule has 0 saturated carbocycles. The maximum Gasteiger partial charge on any atom is 0.490 e. The largest absolute Gasteiger partial charge is 0.493 e. The van der Waals surface area contributed by atoms with E-state index in [0.717, 1.165) is 18.7 Å². The number of piperazine rings is 1. The third-order valence-electron chi connectivity index (χ3n) is 5.56. The van der Waals surface area contributed by atoms with E-state index in [4.69, 9.17) is 35.7 Å². The Labute approximate surface area is 228 Å². The average Bonchev–Trinajstić information content (AvgIpc) is 2.92. The van der Waals surface area contributed by atoms with Gasteiger partial charge in [0, 0.05) is 43.3 Å². The first kappa shape index (κ1) is 31.5. The summed E-state index contributed by atoms with van der Waals surface area (Å²) in [7, 11) is 4.47. The molecule has 0 aromatic heterocycles. The lowest BCUT2D eigenvalue weighted by atomic mass is 10.1. The molecule has 10 nitrogen and oxygen atoms in total. The number of carbonyl (C=O) groups excluding carboxylic acids is 2. The minimum atomic E-state index is -5.08. The summed E-state index contributed by atoms with van der Waals surface area (Å²) in [5.74, 6) is -2.09. The first-order chi connectivity index (χ1) is 18.4. The minimum absolute atomic E-state index is 0.0687. The Morgan fingerprint density at radius 1 is 1.03 bits per heavy atom. The van der Waals surface area contributed by atoms with Gasteiger partial charge in [-0.2, -0.15) is 13.2 Å². The van der Waals surface area contributed by atoms with Crippen molar-refractivity contribution in [2.75, 3.05) is 54.1 Å². The highest BCUT2D eigenvalue weighted by molar-refractivity contribution is 6.31. The molecule has 1 fully saturated rings. The van der Waals surface area contributed by atoms with Crippen LogP contribution in [0.1, 0.15) is 15.9 Å². The van der Waals surface area contributed by atoms with E-state index < -0.39 is 12.1 Å². The number of hydrogen-bond acceptors (Lipinski definition) is 7. The molecule has 1 aliphatic heterocycles. The highest BCUT2D eigenvalue weighted by Gasteiger charge is 2.38. The number of rotatable bonds is 8. The fraction of sp³-hybridized carbons (Fsp3) is 0.400. The molecule has 0 unspecified atom stereocenters. The lowest BCUT2D eigenvalue weighted by Crippen LogP contribution is -2.50. The summed E-state index contributed by atoms with van der Waals surface area (Å²) < 4.78 is 47.9. The van der Waals surface area contributed by atoms with Crippen molar-refractivity contribution in [3.8, 4) is 17.2 Å². The molecule has 214 valence electrons. The summed E-state index contributed by atoms with van der Waals surface area (Å²) in [4.78, 5) is 38.7. The van der Waals surface area contributed by atoms with E-state index in [1.807, 2.05) is 18.2 Å². The normalized spacial score (nSPS) is 13.1. The summed E-state index contributed by atoms with van der Waals surface area (Å²) >= 11 is 6.34. The Bertz CT molecular complexity index is 1130. The number of alkyl halides is 3. The van der Waals surface area contributed by atoms with Gasteiger partial charge in [-0.15, -0.1) is 0 Å². The molecule has 0 radical (unpaired) electrons. The van der Waals surface area contributed by atoms with E-state index in [-0.39, 0.29) is 24.9 Å². The van der Waals surface area contributed by atoms with Gasteiger partial charge in [-0.05, 0) is 23.8 Å². The predicted octanol–water partition coefficient (Wildman–Crippen LogP) is 3.07. The van der Waals surface area contributed by atoms with Gasteiger partial charge in [0.1, 0.15) is 6.54 Å². The molecule has 39 heavy (non-hydrogen) atoms. The number of nitrogens with zero attached hydrogens (tertiary/aromatic N) is 2. The topological polar surface area (TPSA) is 118 Å². The average molecular weight is 576 g/mol. The number of methoxy groups -OCH3 is 3. The lowest BCUT2D eigenvalue weighted by molar-refractivity contribution is -0.192. The standard InChI is InChI=1S/C23H28ClN3O5.C2HF3O2/c1-30-19-12-17(13-20(31-2)22(19)32-3)23(29)27(14-16-6-4-5-7-18(16)24)15-21(28)26-10-8-25-9-11-26;3-2(4,5)1(6)7/h4-7,12-13,25H,8-11,14-15H2,1-3H3;(H,6,7). The molecule has 2 amide bonds. The number of carboxylic acid groups (broad SMARTS) is 1. The van der Waals surface area contributed by atoms with Gasteiger partial charge >= 0.3 is 12.1 Å². The van der Waals surface area contributed by atoms with Gasteiger partial charge in [-0.3, -0.25) is 9.59 Å². The number of nitrogens with one attached hydrogen (secondary N) is 1. The van der Waals surface area contributed by atoms with E-state index >= 15 is 0 Å². The monoisotopic (exact) mass is 575 g/mol. The number of halogens is 4. The lowest BCUT2D eigenvalue weighted by Gasteiger charge is -2.31. The number of carboxylic acids is 1. The van der Waals surface area contributed by atoms with Crippen molar-refractivity contribution in [2.45, 2.75) is 12.7 Å². The van der Waals surface area contributed by atoms with Crippen LogP contribution in [0.4, 0.5) is 13.2 Å². The summed E-state index contributed by atoms with van der Waals surface area (Å²) in [6, 6.07) is 10.4. The molecule has 1 heterocycles. The van der Waals surface area contributed by atoms with Crippen molar-refractivity contribution in [1.82, 2.24) is 15.1 Å². The van der Waals surface area contributed by atoms with Crippen molar-refractivity contribution in [2.24, 2.45) is 0 Å². The molecule has 3 rings (SSSR count). The van der Waals surface area contributed by atoms with Crippen LogP contribution >= 0.6 is 11.6 Å². The summed E-state index contributed by atoms with van der Waals surface area (Å²) in [5, 5.41) is 10.9. The fourth-order valence-electron chi connectivity index (χ4n) is 3.60. The molecule has 1 aliphatic rings. The van der Waals surface area contributed by atoms with E-state index in [9.17, 15) is 22.8 Å². The molecule has 1 saturated heterocycles. The predicted molar refractivity (Wildman–Crippen MR) is 135 cm³/mol. The van der Waals surface area contributed by atoms with Gasteiger partial charge in [-0.1, -0.05) is 29.8 Å². The van der Waals surface area contributed by atoms with Crippen molar-refractivity contribution in [3.05, 3.63) is 52.5 Å². The zero-order valence-electron chi connectivity index (χ0n) is 21.5. The number of amides is 2. The quantitative estimate of drug-likeness (QED) is 0.493. The number of benzene rings is 2. The number of ether oxygens (including phenoxy) is 3. The van der Waals surface area contributed by atoms with E-state index in [2.05, 4.69) is 5.32 Å². The molecule has 2 aromatic rings. The highest BCUT2D eigenvalue weighted by atomic mass is 35.5. The number of hydrogen-bond donors (Lipinski definition) is 2. The zero-order chi connectivity index (χ0) is 29.2. The van der Waals surface area contributed by atoms with Crippen molar-refractivity contribution in [1.29, 1.82) is 0 Å². The van der Waals surface area contributed by atoms with Crippen molar-refractivity contribution >= 4 is 29.4 Å². The van der Waals surface area contributed by atoms with Crippen LogP contribution in [0.2, 0.25) is 5.02 Å². The molecule has 0 atom stereocenters. The SMILES string of the molecule is COc1cc(C(=O)N(CC(=O)N2CCNCC2)Cc2ccccc2Cl)cc(OC)c1OC.O=C(O)C(F)(F)F. The summed E-state index contributed by atoms with van der Waals surface area (Å²) in [6.45, 7) is 2.80.